The number of aromatic hydroxyl groups is 1. The molecule has 7 N–H and O–H groups in total. The van der Waals surface area contributed by atoms with Crippen LogP contribution in [0.5, 0.6) is 5.75 Å². The molecule has 232 valence electrons. The first-order valence-electron chi connectivity index (χ1n) is 15.3. The van der Waals surface area contributed by atoms with Crippen molar-refractivity contribution < 1.29 is 9.90 Å². The van der Waals surface area contributed by atoms with Crippen molar-refractivity contribution in [1.82, 2.24) is 45.1 Å². The normalized spacial score (nSPS) is 11.7. The number of nitrogens with one attached hydrogen (secondary N) is 4. The number of carbonyl (C=O) groups excluding carboxylic acids is 1. The van der Waals surface area contributed by atoms with E-state index in [4.69, 9.17) is 20.7 Å². The highest BCUT2D eigenvalue weighted by Gasteiger charge is 2.14. The summed E-state index contributed by atoms with van der Waals surface area (Å²) < 4.78 is 0. The Morgan fingerprint density at radius 2 is 1.41 bits per heavy atom. The number of aromatic amines is 3. The molecule has 0 spiro atoms. The summed E-state index contributed by atoms with van der Waals surface area (Å²) >= 11 is 0. The summed E-state index contributed by atoms with van der Waals surface area (Å²) in [6.45, 7) is 3.15. The van der Waals surface area contributed by atoms with Crippen LogP contribution in [0.1, 0.15) is 23.2 Å². The van der Waals surface area contributed by atoms with Crippen LogP contribution in [0.15, 0.2) is 72.8 Å². The third kappa shape index (κ3) is 6.03. The van der Waals surface area contributed by atoms with Crippen LogP contribution in [0.2, 0.25) is 0 Å². The summed E-state index contributed by atoms with van der Waals surface area (Å²) in [5.41, 5.74) is 13.1. The minimum Gasteiger partial charge on any atom is -0.508 e. The number of pyridine rings is 1. The van der Waals surface area contributed by atoms with Crippen LogP contribution in [0, 0.1) is 0 Å². The van der Waals surface area contributed by atoms with E-state index in [9.17, 15) is 9.90 Å². The van der Waals surface area contributed by atoms with Gasteiger partial charge in [-0.3, -0.25) is 4.79 Å². The smallest absolute Gasteiger partial charge is 0.251 e. The molecule has 0 aliphatic carbocycles. The number of phenols is 1. The molecule has 3 aromatic carbocycles. The fourth-order valence-corrected chi connectivity index (χ4v) is 5.46. The van der Waals surface area contributed by atoms with E-state index in [1.807, 2.05) is 48.5 Å². The SMILES string of the molecule is CN(CCCN)CCCNC(=O)c1ccc2[nH]c(-c3ccc4[nH]c(-c5ccc6[nH]c(-c7ccc(O)cc7)nc6n5)nc4c3)nc2c1. The second-order valence-corrected chi connectivity index (χ2v) is 11.4. The molecule has 7 aromatic rings. The number of phenolic OH excluding ortho intramolecular Hbond substituents is 1. The summed E-state index contributed by atoms with van der Waals surface area (Å²) in [6, 6.07) is 22.1. The zero-order valence-electron chi connectivity index (χ0n) is 25.3. The van der Waals surface area contributed by atoms with Crippen molar-refractivity contribution in [3.63, 3.8) is 0 Å². The van der Waals surface area contributed by atoms with Gasteiger partial charge < -0.3 is 36.0 Å². The molecule has 0 saturated carbocycles. The Morgan fingerprint density at radius 3 is 2.24 bits per heavy atom. The predicted molar refractivity (Wildman–Crippen MR) is 179 cm³/mol. The lowest BCUT2D eigenvalue weighted by Crippen LogP contribution is -2.29. The van der Waals surface area contributed by atoms with Gasteiger partial charge in [0, 0.05) is 23.2 Å². The quantitative estimate of drug-likeness (QED) is 0.112. The van der Waals surface area contributed by atoms with Crippen molar-refractivity contribution in [2.75, 3.05) is 33.2 Å². The molecule has 1 amide bonds. The maximum absolute atomic E-state index is 12.8. The van der Waals surface area contributed by atoms with Gasteiger partial charge in [0.25, 0.3) is 5.91 Å². The van der Waals surface area contributed by atoms with E-state index in [0.29, 0.717) is 47.5 Å². The number of benzene rings is 3. The van der Waals surface area contributed by atoms with E-state index in [0.717, 1.165) is 64.6 Å². The van der Waals surface area contributed by atoms with Gasteiger partial charge in [-0.05, 0) is 112 Å². The number of fused-ring (bicyclic) bond motifs is 3. The Labute approximate surface area is 264 Å². The second kappa shape index (κ2) is 12.4. The number of amides is 1. The molecule has 0 atom stereocenters. The Kier molecular flexibility index (Phi) is 7.87. The summed E-state index contributed by atoms with van der Waals surface area (Å²) in [5, 5.41) is 12.6. The standard InChI is InChI=1S/C34H34N10O2/c1-44(16-2-14-35)17-3-15-36-34(46)22-7-11-24-29(19-22)41-31(37-24)21-6-10-25-28(18-21)42-32(38-25)26-12-13-27-33(40-26)43-30(39-27)20-4-8-23(45)9-5-20/h4-13,18-19,45H,2-3,14-17,35H2,1H3,(H,36,46)(H,37,41)(H,38,42)(H,39,40,43). The van der Waals surface area contributed by atoms with E-state index in [1.165, 1.54) is 0 Å². The first-order chi connectivity index (χ1) is 22.4. The number of nitrogens with zero attached hydrogens (tertiary/aromatic N) is 5. The Morgan fingerprint density at radius 1 is 0.761 bits per heavy atom. The van der Waals surface area contributed by atoms with Crippen LogP contribution < -0.4 is 11.1 Å². The van der Waals surface area contributed by atoms with Gasteiger partial charge in [-0.15, -0.1) is 0 Å². The number of imidazole rings is 3. The van der Waals surface area contributed by atoms with Crippen LogP contribution >= 0.6 is 0 Å². The van der Waals surface area contributed by atoms with Crippen LogP contribution in [0.25, 0.3) is 67.5 Å². The number of hydrogen-bond acceptors (Lipinski definition) is 8. The maximum Gasteiger partial charge on any atom is 0.251 e. The molecular weight excluding hydrogens is 580 g/mol. The molecule has 0 bridgehead atoms. The van der Waals surface area contributed by atoms with E-state index >= 15 is 0 Å². The largest absolute Gasteiger partial charge is 0.508 e. The monoisotopic (exact) mass is 614 g/mol. The molecule has 12 nitrogen and oxygen atoms in total. The fourth-order valence-electron chi connectivity index (χ4n) is 5.46. The van der Waals surface area contributed by atoms with Gasteiger partial charge in [-0.25, -0.2) is 19.9 Å². The average molecular weight is 615 g/mol. The highest BCUT2D eigenvalue weighted by atomic mass is 16.3. The number of carbonyl (C=O) groups is 1. The summed E-state index contributed by atoms with van der Waals surface area (Å²) in [7, 11) is 2.07. The van der Waals surface area contributed by atoms with Crippen LogP contribution in [-0.4, -0.2) is 84.0 Å². The van der Waals surface area contributed by atoms with E-state index in [1.54, 1.807) is 24.3 Å². The molecule has 0 saturated heterocycles. The minimum atomic E-state index is -0.111. The third-order valence-electron chi connectivity index (χ3n) is 7.98. The molecule has 0 aliphatic rings. The number of hydrogen-bond donors (Lipinski definition) is 6. The average Bonchev–Trinajstić information content (AvgIpc) is 3.81. The molecule has 7 rings (SSSR count). The number of H-pyrrole nitrogens is 3. The van der Waals surface area contributed by atoms with Gasteiger partial charge in [0.2, 0.25) is 0 Å². The van der Waals surface area contributed by atoms with Crippen molar-refractivity contribution in [1.29, 1.82) is 0 Å². The van der Waals surface area contributed by atoms with Crippen molar-refractivity contribution in [2.24, 2.45) is 5.73 Å². The molecule has 46 heavy (non-hydrogen) atoms. The van der Waals surface area contributed by atoms with Crippen LogP contribution in [0.4, 0.5) is 0 Å². The van der Waals surface area contributed by atoms with Crippen LogP contribution in [0.3, 0.4) is 0 Å². The predicted octanol–water partition coefficient (Wildman–Crippen LogP) is 4.82. The van der Waals surface area contributed by atoms with Crippen molar-refractivity contribution in [2.45, 2.75) is 12.8 Å². The lowest BCUT2D eigenvalue weighted by atomic mass is 10.2. The topological polar surface area (TPSA) is 178 Å². The fraction of sp³-hybridized carbons (Fsp3) is 0.206. The Bertz CT molecular complexity index is 2160. The summed E-state index contributed by atoms with van der Waals surface area (Å²) in [4.78, 5) is 44.0. The van der Waals surface area contributed by atoms with E-state index in [2.05, 4.69) is 37.2 Å². The summed E-state index contributed by atoms with van der Waals surface area (Å²) in [5.74, 6) is 2.08. The molecule has 0 unspecified atom stereocenters. The third-order valence-corrected chi connectivity index (χ3v) is 7.98. The Hall–Kier alpha value is -5.59. The van der Waals surface area contributed by atoms with Gasteiger partial charge in [0.05, 0.1) is 27.6 Å². The maximum atomic E-state index is 12.8. The van der Waals surface area contributed by atoms with Crippen molar-refractivity contribution in [3.8, 4) is 40.0 Å². The molecule has 4 heterocycles. The Balaban J connectivity index is 1.06. The first-order valence-corrected chi connectivity index (χ1v) is 15.3. The number of nitrogens with two attached hydrogens (primary N) is 1. The second-order valence-electron chi connectivity index (χ2n) is 11.4. The van der Waals surface area contributed by atoms with Crippen molar-refractivity contribution in [3.05, 3.63) is 78.4 Å². The number of rotatable bonds is 11. The van der Waals surface area contributed by atoms with Gasteiger partial charge >= 0.3 is 0 Å². The molecular formula is C34H34N10O2. The lowest BCUT2D eigenvalue weighted by molar-refractivity contribution is 0.0952. The minimum absolute atomic E-state index is 0.111. The number of aromatic nitrogens is 7. The van der Waals surface area contributed by atoms with Gasteiger partial charge in [-0.1, -0.05) is 0 Å². The molecule has 4 aromatic heterocycles. The highest BCUT2D eigenvalue weighted by Crippen LogP contribution is 2.28. The zero-order chi connectivity index (χ0) is 31.6. The molecule has 12 heteroatoms. The first kappa shape index (κ1) is 29.1. The van der Waals surface area contributed by atoms with Gasteiger partial charge in [-0.2, -0.15) is 0 Å². The molecule has 0 fully saturated rings. The molecule has 0 aliphatic heterocycles. The van der Waals surface area contributed by atoms with Gasteiger partial charge in [0.15, 0.2) is 11.5 Å². The lowest BCUT2D eigenvalue weighted by Gasteiger charge is -2.15. The van der Waals surface area contributed by atoms with E-state index in [-0.39, 0.29) is 11.7 Å². The van der Waals surface area contributed by atoms with Crippen LogP contribution in [-0.2, 0) is 0 Å². The molecule has 0 radical (unpaired) electrons. The highest BCUT2D eigenvalue weighted by molar-refractivity contribution is 5.98. The van der Waals surface area contributed by atoms with Gasteiger partial charge in [0.1, 0.15) is 23.1 Å². The van der Waals surface area contributed by atoms with Crippen molar-refractivity contribution >= 4 is 39.1 Å². The summed E-state index contributed by atoms with van der Waals surface area (Å²) in [6.07, 6.45) is 1.84. The van der Waals surface area contributed by atoms with E-state index < -0.39 is 0 Å². The zero-order valence-corrected chi connectivity index (χ0v) is 25.3.